The fourth-order valence-electron chi connectivity index (χ4n) is 2.83. The van der Waals surface area contributed by atoms with E-state index in [1.807, 2.05) is 25.2 Å². The molecule has 2 aromatic rings. The van der Waals surface area contributed by atoms with Gasteiger partial charge in [-0.25, -0.2) is 4.79 Å². The van der Waals surface area contributed by atoms with E-state index in [2.05, 4.69) is 5.32 Å². The molecule has 1 unspecified atom stereocenters. The monoisotopic (exact) mass is 387 g/mol. The molecule has 28 heavy (non-hydrogen) atoms. The lowest BCUT2D eigenvalue weighted by atomic mass is 10.1. The Morgan fingerprint density at radius 3 is 2.39 bits per heavy atom. The van der Waals surface area contributed by atoms with Crippen LogP contribution in [0.4, 0.5) is 5.69 Å². The van der Waals surface area contributed by atoms with E-state index in [1.165, 1.54) is 7.11 Å². The Labute approximate surface area is 165 Å². The van der Waals surface area contributed by atoms with Crippen molar-refractivity contribution in [3.8, 4) is 11.5 Å². The van der Waals surface area contributed by atoms with Gasteiger partial charge in [-0.1, -0.05) is 18.2 Å². The Morgan fingerprint density at radius 1 is 1.00 bits per heavy atom. The number of quaternary nitrogens is 1. The molecule has 0 aliphatic carbocycles. The summed E-state index contributed by atoms with van der Waals surface area (Å²) < 4.78 is 15.3. The highest BCUT2D eigenvalue weighted by Gasteiger charge is 2.16. The Kier molecular flexibility index (Phi) is 7.83. The second kappa shape index (κ2) is 10.3. The number of methoxy groups -OCH3 is 3. The number of para-hydroxylation sites is 1. The van der Waals surface area contributed by atoms with Gasteiger partial charge in [0.25, 0.3) is 5.91 Å². The predicted molar refractivity (Wildman–Crippen MR) is 106 cm³/mol. The van der Waals surface area contributed by atoms with E-state index in [1.54, 1.807) is 38.5 Å². The molecular weight excluding hydrogens is 360 g/mol. The first-order valence-electron chi connectivity index (χ1n) is 8.97. The van der Waals surface area contributed by atoms with Gasteiger partial charge in [-0.2, -0.15) is 0 Å². The third kappa shape index (κ3) is 5.72. The van der Waals surface area contributed by atoms with Gasteiger partial charge in [0.1, 0.15) is 0 Å². The number of amides is 1. The van der Waals surface area contributed by atoms with Crippen molar-refractivity contribution in [2.24, 2.45) is 0 Å². The number of anilines is 1. The average Bonchev–Trinajstić information content (AvgIpc) is 2.71. The third-order valence-corrected chi connectivity index (χ3v) is 4.36. The van der Waals surface area contributed by atoms with Crippen LogP contribution in [0.2, 0.25) is 0 Å². The quantitative estimate of drug-likeness (QED) is 0.632. The number of rotatable bonds is 9. The molecule has 1 amide bonds. The lowest BCUT2D eigenvalue weighted by molar-refractivity contribution is -0.870. The van der Waals surface area contributed by atoms with Crippen LogP contribution in [-0.4, -0.2) is 53.3 Å². The van der Waals surface area contributed by atoms with Crippen LogP contribution in [0, 0.1) is 0 Å². The number of likely N-dealkylation sites (N-methyl/N-ethyl adjacent to an activating group) is 1. The second-order valence-electron chi connectivity index (χ2n) is 6.41. The van der Waals surface area contributed by atoms with Gasteiger partial charge in [-0.3, -0.25) is 4.79 Å². The van der Waals surface area contributed by atoms with Gasteiger partial charge in [0, 0.05) is 6.42 Å². The number of carbonyl (C=O) groups is 2. The van der Waals surface area contributed by atoms with Crippen LogP contribution in [0.25, 0.3) is 0 Å². The number of hydrogen-bond donors (Lipinski definition) is 2. The minimum Gasteiger partial charge on any atom is -0.493 e. The van der Waals surface area contributed by atoms with Crippen LogP contribution in [0.15, 0.2) is 42.5 Å². The fraction of sp³-hybridized carbons (Fsp3) is 0.333. The maximum atomic E-state index is 12.4. The molecule has 0 bridgehead atoms. The normalized spacial score (nSPS) is 11.4. The highest BCUT2D eigenvalue weighted by atomic mass is 16.5. The van der Waals surface area contributed by atoms with Gasteiger partial charge in [0.05, 0.1) is 46.2 Å². The molecule has 0 saturated heterocycles. The number of ether oxygens (including phenoxy) is 3. The Balaban J connectivity index is 1.91. The van der Waals surface area contributed by atoms with E-state index in [9.17, 15) is 9.59 Å². The highest BCUT2D eigenvalue weighted by Crippen LogP contribution is 2.27. The summed E-state index contributed by atoms with van der Waals surface area (Å²) in [6.07, 6.45) is 0.790. The largest absolute Gasteiger partial charge is 0.493 e. The number of hydrogen-bond acceptors (Lipinski definition) is 5. The zero-order chi connectivity index (χ0) is 20.5. The topological polar surface area (TPSA) is 78.3 Å². The third-order valence-electron chi connectivity index (χ3n) is 4.36. The van der Waals surface area contributed by atoms with Crippen LogP contribution >= 0.6 is 0 Å². The van der Waals surface area contributed by atoms with E-state index in [-0.39, 0.29) is 12.5 Å². The summed E-state index contributed by atoms with van der Waals surface area (Å²) in [5.41, 5.74) is 1.89. The lowest BCUT2D eigenvalue weighted by Gasteiger charge is -2.15. The minimum atomic E-state index is -0.481. The van der Waals surface area contributed by atoms with Crippen LogP contribution < -0.4 is 19.7 Å². The molecule has 0 fully saturated rings. The number of esters is 1. The van der Waals surface area contributed by atoms with E-state index in [4.69, 9.17) is 14.2 Å². The molecular formula is C21H27N2O5+. The second-order valence-corrected chi connectivity index (χ2v) is 6.41. The average molecular weight is 387 g/mol. The smallest absolute Gasteiger partial charge is 0.339 e. The zero-order valence-electron chi connectivity index (χ0n) is 16.7. The molecule has 0 heterocycles. The summed E-state index contributed by atoms with van der Waals surface area (Å²) in [5.74, 6) is 0.733. The van der Waals surface area contributed by atoms with E-state index < -0.39 is 5.97 Å². The van der Waals surface area contributed by atoms with Crippen molar-refractivity contribution < 1.29 is 28.7 Å². The zero-order valence-corrected chi connectivity index (χ0v) is 16.7. The molecule has 2 rings (SSSR count). The van der Waals surface area contributed by atoms with Crippen molar-refractivity contribution in [3.63, 3.8) is 0 Å². The minimum absolute atomic E-state index is 0.166. The molecule has 7 nitrogen and oxygen atoms in total. The lowest BCUT2D eigenvalue weighted by Crippen LogP contribution is -3.10. The first-order chi connectivity index (χ1) is 13.5. The van der Waals surface area contributed by atoms with Gasteiger partial charge in [0.2, 0.25) is 0 Å². The van der Waals surface area contributed by atoms with Crippen molar-refractivity contribution in [2.45, 2.75) is 6.42 Å². The molecule has 1 atom stereocenters. The first-order valence-corrected chi connectivity index (χ1v) is 8.97. The number of carbonyl (C=O) groups excluding carboxylic acids is 2. The molecule has 0 aliphatic heterocycles. The molecule has 2 N–H and O–H groups in total. The molecule has 0 aliphatic rings. The summed E-state index contributed by atoms with van der Waals surface area (Å²) >= 11 is 0. The molecule has 7 heteroatoms. The predicted octanol–water partition coefficient (Wildman–Crippen LogP) is 1.19. The number of benzene rings is 2. The summed E-state index contributed by atoms with van der Waals surface area (Å²) in [6.45, 7) is 1.05. The van der Waals surface area contributed by atoms with Gasteiger partial charge in [0.15, 0.2) is 18.0 Å². The van der Waals surface area contributed by atoms with Crippen LogP contribution in [0.1, 0.15) is 15.9 Å². The van der Waals surface area contributed by atoms with Crippen molar-refractivity contribution in [1.29, 1.82) is 0 Å². The van der Waals surface area contributed by atoms with E-state index in [0.717, 1.165) is 23.4 Å². The van der Waals surface area contributed by atoms with Crippen molar-refractivity contribution in [3.05, 3.63) is 53.6 Å². The summed E-state index contributed by atoms with van der Waals surface area (Å²) in [5, 5.41) is 2.79. The summed E-state index contributed by atoms with van der Waals surface area (Å²) in [6, 6.07) is 12.6. The van der Waals surface area contributed by atoms with Crippen molar-refractivity contribution in [2.75, 3.05) is 46.8 Å². The Hall–Kier alpha value is -3.06. The fourth-order valence-corrected chi connectivity index (χ4v) is 2.83. The molecule has 2 aromatic carbocycles. The van der Waals surface area contributed by atoms with Crippen molar-refractivity contribution in [1.82, 2.24) is 0 Å². The Bertz CT molecular complexity index is 822. The summed E-state index contributed by atoms with van der Waals surface area (Å²) in [4.78, 5) is 25.2. The van der Waals surface area contributed by atoms with Gasteiger partial charge in [-0.05, 0) is 29.8 Å². The Morgan fingerprint density at radius 2 is 1.71 bits per heavy atom. The van der Waals surface area contributed by atoms with Gasteiger partial charge < -0.3 is 24.4 Å². The van der Waals surface area contributed by atoms with Gasteiger partial charge in [-0.15, -0.1) is 0 Å². The highest BCUT2D eigenvalue weighted by molar-refractivity contribution is 6.01. The van der Waals surface area contributed by atoms with Crippen molar-refractivity contribution >= 4 is 17.6 Å². The molecule has 0 saturated carbocycles. The number of nitrogens with one attached hydrogen (secondary N) is 2. The molecule has 150 valence electrons. The first kappa shape index (κ1) is 21.2. The summed E-state index contributed by atoms with van der Waals surface area (Å²) in [7, 11) is 6.47. The van der Waals surface area contributed by atoms with Crippen LogP contribution in [0.3, 0.4) is 0 Å². The molecule has 0 spiro atoms. The SMILES string of the molecule is COC(=O)c1ccccc1NC(=O)C[NH+](C)CCc1ccc(OC)c(OC)c1. The van der Waals surface area contributed by atoms with E-state index in [0.29, 0.717) is 22.7 Å². The van der Waals surface area contributed by atoms with Crippen LogP contribution in [-0.2, 0) is 16.0 Å². The van der Waals surface area contributed by atoms with E-state index >= 15 is 0 Å². The van der Waals surface area contributed by atoms with Crippen LogP contribution in [0.5, 0.6) is 11.5 Å². The van der Waals surface area contributed by atoms with Gasteiger partial charge >= 0.3 is 5.97 Å². The molecule has 0 radical (unpaired) electrons. The molecule has 0 aromatic heterocycles. The maximum Gasteiger partial charge on any atom is 0.339 e. The standard InChI is InChI=1S/C21H26N2O5/c1-23(12-11-15-9-10-18(26-2)19(13-15)27-3)14-20(24)22-17-8-6-5-7-16(17)21(25)28-4/h5-10,13H,11-12,14H2,1-4H3,(H,22,24)/p+1. The maximum absolute atomic E-state index is 12.4.